The van der Waals surface area contributed by atoms with Gasteiger partial charge in [-0.05, 0) is 74.0 Å². The fraction of sp³-hybridized carbons (Fsp3) is 0.357. The number of ether oxygens (including phenoxy) is 1. The number of anilines is 1. The number of hydrogen-bond donors (Lipinski definition) is 1. The summed E-state index contributed by atoms with van der Waals surface area (Å²) in [6.07, 6.45) is 8.70. The van der Waals surface area contributed by atoms with Crippen LogP contribution in [-0.2, 0) is 6.54 Å². The minimum absolute atomic E-state index is 0.139. The summed E-state index contributed by atoms with van der Waals surface area (Å²) >= 11 is 11.4. The monoisotopic (exact) mass is 587 g/mol. The number of hydrogen-bond acceptors (Lipinski definition) is 4. The van der Waals surface area contributed by atoms with Crippen molar-refractivity contribution in [2.45, 2.75) is 62.9 Å². The van der Waals surface area contributed by atoms with E-state index in [4.69, 9.17) is 16.3 Å². The van der Waals surface area contributed by atoms with Crippen LogP contribution in [0.25, 0.3) is 0 Å². The number of carbonyl (C=O) groups is 1. The van der Waals surface area contributed by atoms with Gasteiger partial charge in [0.25, 0.3) is 0 Å². The third kappa shape index (κ3) is 7.17. The number of thioether (sulfide) groups is 1. The predicted molar refractivity (Wildman–Crippen MR) is 152 cm³/mol. The average Bonchev–Trinajstić information content (AvgIpc) is 3.15. The van der Waals surface area contributed by atoms with E-state index in [2.05, 4.69) is 26.2 Å². The number of amides is 2. The number of halogens is 2. The molecule has 1 aliphatic carbocycles. The maximum atomic E-state index is 13.7. The van der Waals surface area contributed by atoms with Crippen LogP contribution in [0, 0.1) is 6.92 Å². The van der Waals surface area contributed by atoms with Crippen molar-refractivity contribution in [1.82, 2.24) is 9.88 Å². The molecule has 2 aromatic carbocycles. The maximum absolute atomic E-state index is 13.7. The Kier molecular flexibility index (Phi) is 9.57. The van der Waals surface area contributed by atoms with Gasteiger partial charge in [-0.3, -0.25) is 0 Å². The molecule has 1 aromatic heterocycles. The molecule has 1 fully saturated rings. The lowest BCUT2D eigenvalue weighted by Crippen LogP contribution is -2.42. The van der Waals surface area contributed by atoms with Gasteiger partial charge in [0.1, 0.15) is 11.5 Å². The van der Waals surface area contributed by atoms with Crippen LogP contribution in [0.4, 0.5) is 10.5 Å². The average molecular weight is 589 g/mol. The molecule has 1 N–H and O–H groups in total. The van der Waals surface area contributed by atoms with Gasteiger partial charge >= 0.3 is 6.03 Å². The summed E-state index contributed by atoms with van der Waals surface area (Å²) in [5.41, 5.74) is 2.46. The molecule has 0 atom stereocenters. The zero-order chi connectivity index (χ0) is 25.5. The fourth-order valence-electron chi connectivity index (χ4n) is 4.49. The van der Waals surface area contributed by atoms with E-state index in [0.29, 0.717) is 17.4 Å². The highest BCUT2D eigenvalue weighted by atomic mass is 79.9. The molecule has 5 nitrogen and oxygen atoms in total. The smallest absolute Gasteiger partial charge is 0.322 e. The van der Waals surface area contributed by atoms with Crippen molar-refractivity contribution < 1.29 is 9.53 Å². The Hall–Kier alpha value is -2.22. The van der Waals surface area contributed by atoms with Crippen LogP contribution in [0.3, 0.4) is 0 Å². The molecular formula is C28H31BrClN3O2S. The van der Waals surface area contributed by atoms with Crippen LogP contribution in [0.15, 0.2) is 64.0 Å². The summed E-state index contributed by atoms with van der Waals surface area (Å²) in [4.78, 5) is 20.9. The molecule has 1 heterocycles. The maximum Gasteiger partial charge on any atom is 0.322 e. The van der Waals surface area contributed by atoms with Gasteiger partial charge in [0.2, 0.25) is 0 Å². The van der Waals surface area contributed by atoms with Crippen LogP contribution in [0.5, 0.6) is 11.5 Å². The number of pyridine rings is 1. The molecule has 8 heteroatoms. The van der Waals surface area contributed by atoms with Crippen LogP contribution in [-0.4, -0.2) is 28.2 Å². The van der Waals surface area contributed by atoms with E-state index in [1.807, 2.05) is 72.7 Å². The van der Waals surface area contributed by atoms with Crippen LogP contribution < -0.4 is 10.1 Å². The number of carbonyl (C=O) groups excluding carboxylic acids is 1. The number of aromatic nitrogens is 1. The predicted octanol–water partition coefficient (Wildman–Crippen LogP) is 9.08. The lowest BCUT2D eigenvalue weighted by atomic mass is 10.1. The van der Waals surface area contributed by atoms with Gasteiger partial charge in [0, 0.05) is 27.6 Å². The molecule has 0 aliphatic heterocycles. The Morgan fingerprint density at radius 1 is 1.08 bits per heavy atom. The number of aryl methyl sites for hydroxylation is 1. The molecule has 4 rings (SSSR count). The number of benzene rings is 2. The minimum atomic E-state index is -0.139. The van der Waals surface area contributed by atoms with Crippen molar-refractivity contribution in [2.24, 2.45) is 0 Å². The van der Waals surface area contributed by atoms with Crippen LogP contribution in [0.1, 0.15) is 49.8 Å². The van der Waals surface area contributed by atoms with E-state index in [9.17, 15) is 4.79 Å². The minimum Gasteiger partial charge on any atom is -0.457 e. The zero-order valence-electron chi connectivity index (χ0n) is 20.6. The van der Waals surface area contributed by atoms with Crippen LogP contribution in [0.2, 0.25) is 5.15 Å². The third-order valence-electron chi connectivity index (χ3n) is 6.37. The Balaban J connectivity index is 1.53. The summed E-state index contributed by atoms with van der Waals surface area (Å²) in [5, 5.41) is 3.41. The van der Waals surface area contributed by atoms with Gasteiger partial charge < -0.3 is 15.0 Å². The first-order valence-electron chi connectivity index (χ1n) is 12.2. The Morgan fingerprint density at radius 2 is 1.69 bits per heavy atom. The van der Waals surface area contributed by atoms with Gasteiger partial charge in [0.05, 0.1) is 5.69 Å². The second-order valence-corrected chi connectivity index (χ2v) is 11.2. The standard InChI is InChI=1S/C28H31BrClN3O2S/c1-19-17-25(36-2)26(27(30)31-19)32-28(34)33(22-7-5-3-4-6-8-22)18-20-9-13-23(14-10-20)35-24-15-11-21(29)12-16-24/h9-17,22H,3-8,18H2,1-2H3,(H,32,34). The van der Waals surface area contributed by atoms with Crippen LogP contribution >= 0.6 is 39.3 Å². The SMILES string of the molecule is CSc1cc(C)nc(Cl)c1NC(=O)N(Cc1ccc(Oc2ccc(Br)cc2)cc1)C1CCCCCC1. The molecule has 0 spiro atoms. The van der Waals surface area contributed by atoms with Crippen molar-refractivity contribution in [3.8, 4) is 11.5 Å². The van der Waals surface area contributed by atoms with Gasteiger partial charge in [-0.15, -0.1) is 11.8 Å². The topological polar surface area (TPSA) is 54.5 Å². The molecule has 190 valence electrons. The third-order valence-corrected chi connectivity index (χ3v) is 7.93. The first kappa shape index (κ1) is 26.8. The van der Waals surface area contributed by atoms with Gasteiger partial charge in [-0.25, -0.2) is 9.78 Å². The van der Waals surface area contributed by atoms with Crippen molar-refractivity contribution in [2.75, 3.05) is 11.6 Å². The highest BCUT2D eigenvalue weighted by molar-refractivity contribution is 9.10. The first-order valence-corrected chi connectivity index (χ1v) is 14.6. The summed E-state index contributed by atoms with van der Waals surface area (Å²) in [6, 6.07) is 17.7. The molecule has 1 aliphatic rings. The van der Waals surface area contributed by atoms with E-state index >= 15 is 0 Å². The molecule has 0 bridgehead atoms. The Bertz CT molecular complexity index is 1170. The lowest BCUT2D eigenvalue weighted by molar-refractivity contribution is 0.175. The molecule has 0 unspecified atom stereocenters. The second kappa shape index (κ2) is 12.8. The van der Waals surface area contributed by atoms with E-state index in [0.717, 1.165) is 57.8 Å². The van der Waals surface area contributed by atoms with Gasteiger partial charge in [-0.1, -0.05) is 65.3 Å². The van der Waals surface area contributed by atoms with E-state index in [1.54, 1.807) is 11.8 Å². The van der Waals surface area contributed by atoms with Crippen molar-refractivity contribution in [1.29, 1.82) is 0 Å². The fourth-order valence-corrected chi connectivity index (χ4v) is 5.74. The molecule has 2 amide bonds. The highest BCUT2D eigenvalue weighted by Gasteiger charge is 2.26. The summed E-state index contributed by atoms with van der Waals surface area (Å²) in [6.45, 7) is 2.42. The normalized spacial score (nSPS) is 14.2. The Morgan fingerprint density at radius 3 is 2.31 bits per heavy atom. The number of urea groups is 1. The summed E-state index contributed by atoms with van der Waals surface area (Å²) in [5.74, 6) is 1.53. The van der Waals surface area contributed by atoms with E-state index < -0.39 is 0 Å². The zero-order valence-corrected chi connectivity index (χ0v) is 23.8. The number of nitrogens with one attached hydrogen (secondary N) is 1. The molecule has 0 radical (unpaired) electrons. The van der Waals surface area contributed by atoms with Gasteiger partial charge in [0.15, 0.2) is 5.15 Å². The summed E-state index contributed by atoms with van der Waals surface area (Å²) < 4.78 is 6.97. The first-order chi connectivity index (χ1) is 17.4. The molecule has 0 saturated heterocycles. The van der Waals surface area contributed by atoms with E-state index in [1.165, 1.54) is 12.8 Å². The molecular weight excluding hydrogens is 558 g/mol. The van der Waals surface area contributed by atoms with E-state index in [-0.39, 0.29) is 12.1 Å². The number of nitrogens with zero attached hydrogens (tertiary/aromatic N) is 2. The van der Waals surface area contributed by atoms with Gasteiger partial charge in [-0.2, -0.15) is 0 Å². The quantitative estimate of drug-likeness (QED) is 0.170. The largest absolute Gasteiger partial charge is 0.457 e. The Labute approximate surface area is 231 Å². The van der Waals surface area contributed by atoms with Crippen molar-refractivity contribution in [3.05, 3.63) is 75.5 Å². The second-order valence-electron chi connectivity index (χ2n) is 9.04. The van der Waals surface area contributed by atoms with Crippen molar-refractivity contribution >= 4 is 51.0 Å². The number of rotatable bonds is 7. The summed E-state index contributed by atoms with van der Waals surface area (Å²) in [7, 11) is 0. The molecule has 36 heavy (non-hydrogen) atoms. The molecule has 1 saturated carbocycles. The molecule has 3 aromatic rings. The van der Waals surface area contributed by atoms with Crippen molar-refractivity contribution in [3.63, 3.8) is 0 Å². The highest BCUT2D eigenvalue weighted by Crippen LogP contribution is 2.33. The lowest BCUT2D eigenvalue weighted by Gasteiger charge is -2.32.